The van der Waals surface area contributed by atoms with Gasteiger partial charge in [-0.05, 0) is 43.0 Å². The molecule has 3 nitrogen and oxygen atoms in total. The van der Waals surface area contributed by atoms with Crippen LogP contribution in [0.4, 0.5) is 0 Å². The van der Waals surface area contributed by atoms with E-state index in [2.05, 4.69) is 13.0 Å². The molecule has 0 atom stereocenters. The van der Waals surface area contributed by atoms with E-state index in [-0.39, 0.29) is 5.41 Å². The minimum atomic E-state index is 0.198. The van der Waals surface area contributed by atoms with E-state index in [1.807, 2.05) is 6.07 Å². The van der Waals surface area contributed by atoms with Gasteiger partial charge in [-0.25, -0.2) is 0 Å². The number of aryl methyl sites for hydroxylation is 1. The van der Waals surface area contributed by atoms with Gasteiger partial charge in [-0.3, -0.25) is 0 Å². The van der Waals surface area contributed by atoms with Crippen LogP contribution < -0.4 is 15.2 Å². The van der Waals surface area contributed by atoms with Gasteiger partial charge in [0.25, 0.3) is 0 Å². The van der Waals surface area contributed by atoms with E-state index >= 15 is 0 Å². The van der Waals surface area contributed by atoms with Crippen LogP contribution in [0, 0.1) is 6.92 Å². The number of nitrogens with two attached hydrogens (primary N) is 1. The molecular weight excluding hydrogens is 202 g/mol. The zero-order valence-electron chi connectivity index (χ0n) is 10.2. The minimum absolute atomic E-state index is 0.198. The zero-order valence-corrected chi connectivity index (χ0v) is 10.2. The van der Waals surface area contributed by atoms with Gasteiger partial charge in [-0.1, -0.05) is 0 Å². The van der Waals surface area contributed by atoms with Crippen molar-refractivity contribution in [2.24, 2.45) is 5.73 Å². The molecule has 0 bridgehead atoms. The average Bonchev–Trinajstić information content (AvgIpc) is 3.09. The van der Waals surface area contributed by atoms with Crippen molar-refractivity contribution in [2.45, 2.75) is 25.2 Å². The topological polar surface area (TPSA) is 44.5 Å². The van der Waals surface area contributed by atoms with Gasteiger partial charge in [0.15, 0.2) is 11.5 Å². The highest BCUT2D eigenvalue weighted by Crippen LogP contribution is 2.50. The normalized spacial score (nSPS) is 17.0. The fraction of sp³-hybridized carbons (Fsp3) is 0.538. The third-order valence-corrected chi connectivity index (χ3v) is 3.55. The second kappa shape index (κ2) is 3.98. The molecule has 1 aliphatic carbocycles. The van der Waals surface area contributed by atoms with E-state index in [0.717, 1.165) is 11.5 Å². The highest BCUT2D eigenvalue weighted by molar-refractivity contribution is 5.51. The quantitative estimate of drug-likeness (QED) is 0.845. The third-order valence-electron chi connectivity index (χ3n) is 3.55. The maximum absolute atomic E-state index is 5.86. The Balaban J connectivity index is 2.47. The molecule has 16 heavy (non-hydrogen) atoms. The predicted molar refractivity (Wildman–Crippen MR) is 64.2 cm³/mol. The molecule has 0 aliphatic heterocycles. The summed E-state index contributed by atoms with van der Waals surface area (Å²) in [5, 5.41) is 0. The largest absolute Gasteiger partial charge is 0.493 e. The van der Waals surface area contributed by atoms with Gasteiger partial charge in [0, 0.05) is 12.0 Å². The Labute approximate surface area is 96.5 Å². The van der Waals surface area contributed by atoms with Gasteiger partial charge in [-0.2, -0.15) is 0 Å². The molecule has 0 unspecified atom stereocenters. The fourth-order valence-electron chi connectivity index (χ4n) is 2.29. The number of benzene rings is 1. The van der Waals surface area contributed by atoms with Crippen LogP contribution in [0.3, 0.4) is 0 Å². The van der Waals surface area contributed by atoms with Gasteiger partial charge in [0.05, 0.1) is 14.2 Å². The monoisotopic (exact) mass is 221 g/mol. The molecule has 0 heterocycles. The fourth-order valence-corrected chi connectivity index (χ4v) is 2.29. The highest BCUT2D eigenvalue weighted by atomic mass is 16.5. The molecule has 88 valence electrons. The first-order valence-corrected chi connectivity index (χ1v) is 5.60. The van der Waals surface area contributed by atoms with Gasteiger partial charge in [0.1, 0.15) is 0 Å². The van der Waals surface area contributed by atoms with Crippen molar-refractivity contribution in [3.8, 4) is 11.5 Å². The van der Waals surface area contributed by atoms with E-state index in [1.54, 1.807) is 14.2 Å². The summed E-state index contributed by atoms with van der Waals surface area (Å²) in [5.74, 6) is 1.58. The van der Waals surface area contributed by atoms with Crippen LogP contribution in [-0.2, 0) is 5.41 Å². The summed E-state index contributed by atoms with van der Waals surface area (Å²) in [6.07, 6.45) is 2.36. The zero-order chi connectivity index (χ0) is 11.8. The van der Waals surface area contributed by atoms with Crippen molar-refractivity contribution < 1.29 is 9.47 Å². The Morgan fingerprint density at radius 2 is 1.75 bits per heavy atom. The van der Waals surface area contributed by atoms with Crippen LogP contribution in [0.25, 0.3) is 0 Å². The highest BCUT2D eigenvalue weighted by Gasteiger charge is 2.44. The summed E-state index contributed by atoms with van der Waals surface area (Å²) >= 11 is 0. The summed E-state index contributed by atoms with van der Waals surface area (Å²) < 4.78 is 10.6. The van der Waals surface area contributed by atoms with E-state index in [9.17, 15) is 0 Å². The molecule has 0 saturated heterocycles. The van der Waals surface area contributed by atoms with Gasteiger partial charge in [-0.15, -0.1) is 0 Å². The molecule has 1 aliphatic rings. The third kappa shape index (κ3) is 1.65. The molecular formula is C13H19NO2. The smallest absolute Gasteiger partial charge is 0.161 e. The number of rotatable bonds is 4. The van der Waals surface area contributed by atoms with Crippen molar-refractivity contribution in [3.63, 3.8) is 0 Å². The first-order chi connectivity index (χ1) is 7.66. The molecule has 0 amide bonds. The SMILES string of the molecule is COc1cc(C)c(C2(CN)CC2)cc1OC. The Morgan fingerprint density at radius 3 is 2.19 bits per heavy atom. The molecule has 0 aromatic heterocycles. The van der Waals surface area contributed by atoms with Crippen molar-refractivity contribution in [3.05, 3.63) is 23.3 Å². The maximum Gasteiger partial charge on any atom is 0.161 e. The van der Waals surface area contributed by atoms with E-state index < -0.39 is 0 Å². The Hall–Kier alpha value is -1.22. The second-order valence-electron chi connectivity index (χ2n) is 4.51. The van der Waals surface area contributed by atoms with Crippen LogP contribution in [0.1, 0.15) is 24.0 Å². The lowest BCUT2D eigenvalue weighted by atomic mass is 9.91. The average molecular weight is 221 g/mol. The Kier molecular flexibility index (Phi) is 2.80. The van der Waals surface area contributed by atoms with Crippen molar-refractivity contribution in [1.29, 1.82) is 0 Å². The van der Waals surface area contributed by atoms with Crippen LogP contribution in [0.2, 0.25) is 0 Å². The first kappa shape index (κ1) is 11.3. The molecule has 2 rings (SSSR count). The Bertz CT molecular complexity index is 397. The van der Waals surface area contributed by atoms with Gasteiger partial charge >= 0.3 is 0 Å². The van der Waals surface area contributed by atoms with Crippen LogP contribution in [0.15, 0.2) is 12.1 Å². The van der Waals surface area contributed by atoms with Gasteiger partial charge < -0.3 is 15.2 Å². The summed E-state index contributed by atoms with van der Waals surface area (Å²) in [6, 6.07) is 4.11. The van der Waals surface area contributed by atoms with Crippen LogP contribution in [-0.4, -0.2) is 20.8 Å². The molecule has 0 spiro atoms. The van der Waals surface area contributed by atoms with Gasteiger partial charge in [0.2, 0.25) is 0 Å². The second-order valence-corrected chi connectivity index (χ2v) is 4.51. The molecule has 1 aromatic rings. The summed E-state index contributed by atoms with van der Waals surface area (Å²) in [4.78, 5) is 0. The summed E-state index contributed by atoms with van der Waals surface area (Å²) in [6.45, 7) is 2.82. The van der Waals surface area contributed by atoms with Crippen LogP contribution >= 0.6 is 0 Å². The van der Waals surface area contributed by atoms with Crippen LogP contribution in [0.5, 0.6) is 11.5 Å². The van der Waals surface area contributed by atoms with Crippen molar-refractivity contribution in [2.75, 3.05) is 20.8 Å². The molecule has 2 N–H and O–H groups in total. The molecule has 1 aromatic carbocycles. The van der Waals surface area contributed by atoms with E-state index in [4.69, 9.17) is 15.2 Å². The number of methoxy groups -OCH3 is 2. The number of hydrogen-bond acceptors (Lipinski definition) is 3. The van der Waals surface area contributed by atoms with Crippen molar-refractivity contribution >= 4 is 0 Å². The standard InChI is InChI=1S/C13H19NO2/c1-9-6-11(15-2)12(16-3)7-10(9)13(8-14)4-5-13/h6-7H,4-5,8,14H2,1-3H3. The summed E-state index contributed by atoms with van der Waals surface area (Å²) in [5.41, 5.74) is 8.61. The number of ether oxygens (including phenoxy) is 2. The molecule has 1 saturated carbocycles. The molecule has 0 radical (unpaired) electrons. The first-order valence-electron chi connectivity index (χ1n) is 5.60. The van der Waals surface area contributed by atoms with E-state index in [1.165, 1.54) is 24.0 Å². The Morgan fingerprint density at radius 1 is 1.19 bits per heavy atom. The lowest BCUT2D eigenvalue weighted by Crippen LogP contribution is -2.20. The predicted octanol–water partition coefficient (Wildman–Crippen LogP) is 2.00. The molecule has 1 fully saturated rings. The minimum Gasteiger partial charge on any atom is -0.493 e. The lowest BCUT2D eigenvalue weighted by molar-refractivity contribution is 0.353. The van der Waals surface area contributed by atoms with E-state index in [0.29, 0.717) is 6.54 Å². The number of hydrogen-bond donors (Lipinski definition) is 1. The maximum atomic E-state index is 5.86. The molecule has 3 heteroatoms. The van der Waals surface area contributed by atoms with Crippen molar-refractivity contribution in [1.82, 2.24) is 0 Å². The lowest BCUT2D eigenvalue weighted by Gasteiger charge is -2.18. The summed E-state index contributed by atoms with van der Waals surface area (Å²) in [7, 11) is 3.33.